The number of nitrogens with one attached hydrogen (secondary N) is 2. The summed E-state index contributed by atoms with van der Waals surface area (Å²) >= 11 is 0. The second kappa shape index (κ2) is 7.40. The SMILES string of the molecule is CCC(C)(C)C(=O)NC(C)=CC=C(C)S(=O)(=O)NC(C)=O. The summed E-state index contributed by atoms with van der Waals surface area (Å²) < 4.78 is 25.2. The molecule has 0 aromatic heterocycles. The van der Waals surface area contributed by atoms with Crippen molar-refractivity contribution < 1.29 is 18.0 Å². The summed E-state index contributed by atoms with van der Waals surface area (Å²) in [6, 6.07) is 0. The van der Waals surface area contributed by atoms with Crippen molar-refractivity contribution in [3.05, 3.63) is 22.8 Å². The van der Waals surface area contributed by atoms with Crippen LogP contribution in [0.1, 0.15) is 48.0 Å². The van der Waals surface area contributed by atoms with Gasteiger partial charge in [-0.05, 0) is 32.4 Å². The lowest BCUT2D eigenvalue weighted by Gasteiger charge is -2.21. The Hall–Kier alpha value is -1.63. The van der Waals surface area contributed by atoms with Gasteiger partial charge in [-0.1, -0.05) is 20.8 Å². The Bertz CT molecular complexity index is 572. The van der Waals surface area contributed by atoms with E-state index in [0.717, 1.165) is 6.92 Å². The molecule has 0 aliphatic heterocycles. The van der Waals surface area contributed by atoms with Crippen LogP contribution < -0.4 is 10.0 Å². The summed E-state index contributed by atoms with van der Waals surface area (Å²) in [7, 11) is -3.81. The maximum Gasteiger partial charge on any atom is 0.259 e. The van der Waals surface area contributed by atoms with Gasteiger partial charge in [-0.2, -0.15) is 0 Å². The average Bonchev–Trinajstić information content (AvgIpc) is 2.34. The van der Waals surface area contributed by atoms with Crippen molar-refractivity contribution in [3.8, 4) is 0 Å². The topological polar surface area (TPSA) is 92.3 Å². The highest BCUT2D eigenvalue weighted by Crippen LogP contribution is 2.19. The molecule has 0 saturated carbocycles. The Morgan fingerprint density at radius 3 is 2.05 bits per heavy atom. The van der Waals surface area contributed by atoms with E-state index in [9.17, 15) is 18.0 Å². The molecule has 0 aromatic rings. The molecule has 0 radical (unpaired) electrons. The van der Waals surface area contributed by atoms with E-state index in [0.29, 0.717) is 12.1 Å². The van der Waals surface area contributed by atoms with E-state index in [1.54, 1.807) is 6.92 Å². The van der Waals surface area contributed by atoms with Crippen LogP contribution >= 0.6 is 0 Å². The van der Waals surface area contributed by atoms with E-state index >= 15 is 0 Å². The third kappa shape index (κ3) is 6.57. The first-order chi connectivity index (χ1) is 9.42. The fourth-order valence-corrected chi connectivity index (χ4v) is 1.94. The van der Waals surface area contributed by atoms with Crippen molar-refractivity contribution in [2.75, 3.05) is 0 Å². The first-order valence-electron chi connectivity index (χ1n) is 6.62. The van der Waals surface area contributed by atoms with Gasteiger partial charge in [-0.15, -0.1) is 0 Å². The van der Waals surface area contributed by atoms with Crippen LogP contribution in [0.2, 0.25) is 0 Å². The van der Waals surface area contributed by atoms with Gasteiger partial charge in [0.15, 0.2) is 0 Å². The normalized spacial score (nSPS) is 13.8. The van der Waals surface area contributed by atoms with Crippen molar-refractivity contribution in [3.63, 3.8) is 0 Å². The standard InChI is InChI=1S/C14H24N2O4S/c1-7-14(5,6)13(18)15-10(2)8-9-11(3)21(19,20)16-12(4)17/h8-9H,7H2,1-6H3,(H,15,18)(H,16,17). The van der Waals surface area contributed by atoms with Gasteiger partial charge in [0.25, 0.3) is 10.0 Å². The predicted octanol–water partition coefficient (Wildman–Crippen LogP) is 1.81. The predicted molar refractivity (Wildman–Crippen MR) is 82.5 cm³/mol. The zero-order valence-corrected chi connectivity index (χ0v) is 14.2. The smallest absolute Gasteiger partial charge is 0.259 e. The molecule has 0 heterocycles. The minimum Gasteiger partial charge on any atom is -0.330 e. The summed E-state index contributed by atoms with van der Waals surface area (Å²) in [6.07, 6.45) is 3.51. The summed E-state index contributed by atoms with van der Waals surface area (Å²) in [5.41, 5.74) is 0.0368. The first kappa shape index (κ1) is 19.4. The van der Waals surface area contributed by atoms with Gasteiger partial charge in [0.05, 0.1) is 4.91 Å². The summed E-state index contributed by atoms with van der Waals surface area (Å²) in [5.74, 6) is -0.782. The highest BCUT2D eigenvalue weighted by molar-refractivity contribution is 7.93. The maximum absolute atomic E-state index is 11.9. The maximum atomic E-state index is 11.9. The highest BCUT2D eigenvalue weighted by atomic mass is 32.2. The van der Waals surface area contributed by atoms with Crippen molar-refractivity contribution in [2.24, 2.45) is 5.41 Å². The summed E-state index contributed by atoms with van der Waals surface area (Å²) in [4.78, 5) is 22.7. The molecule has 0 saturated heterocycles. The van der Waals surface area contributed by atoms with Crippen molar-refractivity contribution >= 4 is 21.8 Å². The van der Waals surface area contributed by atoms with E-state index in [-0.39, 0.29) is 10.8 Å². The zero-order chi connectivity index (χ0) is 16.8. The quantitative estimate of drug-likeness (QED) is 0.731. The van der Waals surface area contributed by atoms with Crippen LogP contribution in [-0.4, -0.2) is 20.2 Å². The Morgan fingerprint density at radius 1 is 1.10 bits per heavy atom. The van der Waals surface area contributed by atoms with Gasteiger partial charge in [0.2, 0.25) is 11.8 Å². The molecule has 0 bridgehead atoms. The average molecular weight is 316 g/mol. The van der Waals surface area contributed by atoms with Crippen LogP contribution in [0.4, 0.5) is 0 Å². The fourth-order valence-electron chi connectivity index (χ4n) is 1.15. The fraction of sp³-hybridized carbons (Fsp3) is 0.571. The molecule has 0 aliphatic carbocycles. The van der Waals surface area contributed by atoms with Crippen LogP contribution in [0.3, 0.4) is 0 Å². The van der Waals surface area contributed by atoms with E-state index < -0.39 is 21.3 Å². The second-order valence-corrected chi connectivity index (χ2v) is 7.34. The number of sulfonamides is 1. The molecule has 0 atom stereocenters. The van der Waals surface area contributed by atoms with Crippen LogP contribution in [0.5, 0.6) is 0 Å². The van der Waals surface area contributed by atoms with E-state index in [1.165, 1.54) is 19.1 Å². The number of rotatable bonds is 6. The monoisotopic (exact) mass is 316 g/mol. The molecule has 0 rings (SSSR count). The number of carbonyl (C=O) groups is 2. The summed E-state index contributed by atoms with van der Waals surface area (Å²) in [6.45, 7) is 9.74. The van der Waals surface area contributed by atoms with Crippen LogP contribution in [-0.2, 0) is 19.6 Å². The Kier molecular flexibility index (Phi) is 6.82. The van der Waals surface area contributed by atoms with E-state index in [4.69, 9.17) is 0 Å². The van der Waals surface area contributed by atoms with Gasteiger partial charge in [0, 0.05) is 18.0 Å². The number of hydrogen-bond acceptors (Lipinski definition) is 4. The first-order valence-corrected chi connectivity index (χ1v) is 8.10. The third-order valence-corrected chi connectivity index (χ3v) is 4.62. The molecule has 21 heavy (non-hydrogen) atoms. The molecule has 6 nitrogen and oxygen atoms in total. The molecule has 120 valence electrons. The van der Waals surface area contributed by atoms with Crippen LogP contribution in [0, 0.1) is 5.41 Å². The minimum absolute atomic E-state index is 0.0129. The van der Waals surface area contributed by atoms with Gasteiger partial charge in [-0.25, -0.2) is 13.1 Å². The molecule has 7 heteroatoms. The largest absolute Gasteiger partial charge is 0.330 e. The molecule has 2 N–H and O–H groups in total. The third-order valence-electron chi connectivity index (χ3n) is 3.08. The van der Waals surface area contributed by atoms with Crippen LogP contribution in [0.25, 0.3) is 0 Å². The van der Waals surface area contributed by atoms with Crippen molar-refractivity contribution in [2.45, 2.75) is 48.0 Å². The Morgan fingerprint density at radius 2 is 1.62 bits per heavy atom. The van der Waals surface area contributed by atoms with Gasteiger partial charge in [0.1, 0.15) is 0 Å². The molecular formula is C14H24N2O4S. The van der Waals surface area contributed by atoms with E-state index in [1.807, 2.05) is 25.5 Å². The molecule has 0 fully saturated rings. The molecule has 2 amide bonds. The van der Waals surface area contributed by atoms with Crippen molar-refractivity contribution in [1.82, 2.24) is 10.0 Å². The molecule has 0 unspecified atom stereocenters. The number of amides is 2. The minimum atomic E-state index is -3.81. The van der Waals surface area contributed by atoms with Gasteiger partial charge >= 0.3 is 0 Å². The molecule has 0 aromatic carbocycles. The summed E-state index contributed by atoms with van der Waals surface area (Å²) in [5, 5.41) is 2.71. The second-order valence-electron chi connectivity index (χ2n) is 5.48. The lowest BCUT2D eigenvalue weighted by Crippen LogP contribution is -2.35. The lowest BCUT2D eigenvalue weighted by atomic mass is 9.89. The number of carbonyl (C=O) groups excluding carboxylic acids is 2. The van der Waals surface area contributed by atoms with Crippen LogP contribution in [0.15, 0.2) is 22.8 Å². The lowest BCUT2D eigenvalue weighted by molar-refractivity contribution is -0.128. The van der Waals surface area contributed by atoms with Gasteiger partial charge < -0.3 is 5.32 Å². The van der Waals surface area contributed by atoms with Gasteiger partial charge in [-0.3, -0.25) is 9.59 Å². The molecule has 0 spiro atoms. The highest BCUT2D eigenvalue weighted by Gasteiger charge is 2.25. The Labute approximate surface area is 126 Å². The number of allylic oxidation sites excluding steroid dienone is 4. The molecule has 0 aliphatic rings. The van der Waals surface area contributed by atoms with Crippen molar-refractivity contribution in [1.29, 1.82) is 0 Å². The number of hydrogen-bond donors (Lipinski definition) is 2. The molecular weight excluding hydrogens is 292 g/mol. The van der Waals surface area contributed by atoms with E-state index in [2.05, 4.69) is 5.32 Å². The Balaban J connectivity index is 4.99. The zero-order valence-electron chi connectivity index (χ0n) is 13.4.